The highest BCUT2D eigenvalue weighted by molar-refractivity contribution is 6.31. The van der Waals surface area contributed by atoms with Crippen LogP contribution in [0, 0.1) is 0 Å². The van der Waals surface area contributed by atoms with Crippen LogP contribution in [0.2, 0.25) is 5.02 Å². The second kappa shape index (κ2) is 4.42. The van der Waals surface area contributed by atoms with Gasteiger partial charge in [-0.1, -0.05) is 25.4 Å². The fraction of sp³-hybridized carbons (Fsp3) is 0.400. The van der Waals surface area contributed by atoms with Crippen LogP contribution < -0.4 is 5.32 Å². The second-order valence-electron chi connectivity index (χ2n) is 3.43. The van der Waals surface area contributed by atoms with E-state index in [1.807, 2.05) is 13.8 Å². The van der Waals surface area contributed by atoms with Crippen molar-refractivity contribution in [1.82, 2.24) is 4.98 Å². The maximum atomic E-state index is 10.8. The quantitative estimate of drug-likeness (QED) is 0.819. The Bertz CT molecular complexity index is 350. The van der Waals surface area contributed by atoms with E-state index in [2.05, 4.69) is 10.3 Å². The van der Waals surface area contributed by atoms with E-state index in [0.29, 0.717) is 16.8 Å². The minimum absolute atomic E-state index is 0.130. The molecular weight excluding hydrogens is 200 g/mol. The highest BCUT2D eigenvalue weighted by Gasteiger charge is 2.07. The average Bonchev–Trinajstić information content (AvgIpc) is 2.07. The lowest BCUT2D eigenvalue weighted by molar-refractivity contribution is -0.114. The van der Waals surface area contributed by atoms with Gasteiger partial charge in [-0.25, -0.2) is 4.98 Å². The summed E-state index contributed by atoms with van der Waals surface area (Å²) >= 11 is 5.95. The van der Waals surface area contributed by atoms with E-state index >= 15 is 0 Å². The molecule has 0 spiro atoms. The van der Waals surface area contributed by atoms with Crippen molar-refractivity contribution in [3.05, 3.63) is 22.8 Å². The van der Waals surface area contributed by atoms with Gasteiger partial charge >= 0.3 is 0 Å². The first kappa shape index (κ1) is 11.0. The molecule has 1 amide bonds. The molecule has 1 aromatic heterocycles. The third-order valence-corrected chi connectivity index (χ3v) is 2.13. The third kappa shape index (κ3) is 2.70. The number of aromatic nitrogens is 1. The molecule has 0 aliphatic carbocycles. The van der Waals surface area contributed by atoms with Gasteiger partial charge in [0.2, 0.25) is 5.91 Å². The van der Waals surface area contributed by atoms with Crippen LogP contribution in [0.4, 0.5) is 5.82 Å². The van der Waals surface area contributed by atoms with E-state index < -0.39 is 0 Å². The van der Waals surface area contributed by atoms with Crippen molar-refractivity contribution in [3.63, 3.8) is 0 Å². The SMILES string of the molecule is CC(=O)Nc1cc(C(C)C)c(Cl)cn1. The Morgan fingerprint density at radius 1 is 1.57 bits per heavy atom. The third-order valence-electron chi connectivity index (χ3n) is 1.81. The van der Waals surface area contributed by atoms with Gasteiger partial charge in [0.15, 0.2) is 0 Å². The lowest BCUT2D eigenvalue weighted by Gasteiger charge is -2.09. The summed E-state index contributed by atoms with van der Waals surface area (Å²) in [5, 5.41) is 3.25. The summed E-state index contributed by atoms with van der Waals surface area (Å²) in [5.74, 6) is 0.734. The average molecular weight is 213 g/mol. The molecule has 0 saturated carbocycles. The van der Waals surface area contributed by atoms with Gasteiger partial charge in [0.25, 0.3) is 0 Å². The standard InChI is InChI=1S/C10H13ClN2O/c1-6(2)8-4-10(13-7(3)14)12-5-9(8)11/h4-6H,1-3H3,(H,12,13,14). The van der Waals surface area contributed by atoms with Crippen LogP contribution in [0.3, 0.4) is 0 Å². The summed E-state index contributed by atoms with van der Waals surface area (Å²) in [7, 11) is 0. The minimum atomic E-state index is -0.130. The number of pyridine rings is 1. The zero-order valence-electron chi connectivity index (χ0n) is 8.47. The van der Waals surface area contributed by atoms with Gasteiger partial charge in [0.05, 0.1) is 5.02 Å². The van der Waals surface area contributed by atoms with E-state index in [-0.39, 0.29) is 5.91 Å². The molecule has 3 nitrogen and oxygen atoms in total. The molecule has 0 atom stereocenters. The molecule has 1 rings (SSSR count). The smallest absolute Gasteiger partial charge is 0.222 e. The maximum Gasteiger partial charge on any atom is 0.222 e. The van der Waals surface area contributed by atoms with Crippen molar-refractivity contribution in [2.75, 3.05) is 5.32 Å². The number of anilines is 1. The molecular formula is C10H13ClN2O. The zero-order chi connectivity index (χ0) is 10.7. The number of nitrogens with one attached hydrogen (secondary N) is 1. The fourth-order valence-corrected chi connectivity index (χ4v) is 1.47. The highest BCUT2D eigenvalue weighted by Crippen LogP contribution is 2.25. The van der Waals surface area contributed by atoms with Crippen LogP contribution >= 0.6 is 11.6 Å². The largest absolute Gasteiger partial charge is 0.311 e. The number of hydrogen-bond donors (Lipinski definition) is 1. The molecule has 1 N–H and O–H groups in total. The number of rotatable bonds is 2. The lowest BCUT2D eigenvalue weighted by atomic mass is 10.1. The van der Waals surface area contributed by atoms with Gasteiger partial charge in [-0.15, -0.1) is 0 Å². The molecule has 0 aliphatic heterocycles. The molecule has 0 fully saturated rings. The van der Waals surface area contributed by atoms with Gasteiger partial charge in [0.1, 0.15) is 5.82 Å². The molecule has 1 aromatic rings. The Hall–Kier alpha value is -1.09. The number of carbonyl (C=O) groups excluding carboxylic acids is 1. The van der Waals surface area contributed by atoms with E-state index in [9.17, 15) is 4.79 Å². The van der Waals surface area contributed by atoms with Crippen LogP contribution in [0.5, 0.6) is 0 Å². The molecule has 0 bridgehead atoms. The second-order valence-corrected chi connectivity index (χ2v) is 3.83. The molecule has 0 radical (unpaired) electrons. The van der Waals surface area contributed by atoms with E-state index in [4.69, 9.17) is 11.6 Å². The molecule has 0 aromatic carbocycles. The van der Waals surface area contributed by atoms with Crippen LogP contribution in [0.1, 0.15) is 32.3 Å². The topological polar surface area (TPSA) is 42.0 Å². The van der Waals surface area contributed by atoms with Gasteiger partial charge in [-0.2, -0.15) is 0 Å². The molecule has 4 heteroatoms. The van der Waals surface area contributed by atoms with Crippen LogP contribution in [-0.4, -0.2) is 10.9 Å². The first-order valence-electron chi connectivity index (χ1n) is 4.43. The van der Waals surface area contributed by atoms with Crippen molar-refractivity contribution < 1.29 is 4.79 Å². The molecule has 76 valence electrons. The minimum Gasteiger partial charge on any atom is -0.311 e. The summed E-state index contributed by atoms with van der Waals surface area (Å²) in [6.45, 7) is 5.53. The molecule has 0 saturated heterocycles. The Morgan fingerprint density at radius 2 is 2.21 bits per heavy atom. The first-order valence-corrected chi connectivity index (χ1v) is 4.81. The predicted molar refractivity (Wildman–Crippen MR) is 57.6 cm³/mol. The zero-order valence-corrected chi connectivity index (χ0v) is 9.22. The normalized spacial score (nSPS) is 10.4. The summed E-state index contributed by atoms with van der Waals surface area (Å²) in [6.07, 6.45) is 1.56. The Kier molecular flexibility index (Phi) is 3.47. The summed E-state index contributed by atoms with van der Waals surface area (Å²) in [4.78, 5) is 14.8. The molecule has 1 heterocycles. The van der Waals surface area contributed by atoms with Crippen LogP contribution in [-0.2, 0) is 4.79 Å². The van der Waals surface area contributed by atoms with Gasteiger partial charge in [-0.3, -0.25) is 4.79 Å². The van der Waals surface area contributed by atoms with Gasteiger partial charge < -0.3 is 5.32 Å². The Balaban J connectivity index is 3.00. The lowest BCUT2D eigenvalue weighted by Crippen LogP contribution is -2.08. The van der Waals surface area contributed by atoms with Crippen molar-refractivity contribution in [3.8, 4) is 0 Å². The monoisotopic (exact) mass is 212 g/mol. The van der Waals surface area contributed by atoms with Crippen molar-refractivity contribution in [2.24, 2.45) is 0 Å². The summed E-state index contributed by atoms with van der Waals surface area (Å²) in [5.41, 5.74) is 0.991. The number of halogens is 1. The molecule has 0 unspecified atom stereocenters. The molecule has 14 heavy (non-hydrogen) atoms. The predicted octanol–water partition coefficient (Wildman–Crippen LogP) is 2.82. The van der Waals surface area contributed by atoms with E-state index in [1.54, 1.807) is 12.3 Å². The Morgan fingerprint density at radius 3 is 2.71 bits per heavy atom. The van der Waals surface area contributed by atoms with Crippen molar-refractivity contribution in [1.29, 1.82) is 0 Å². The molecule has 0 aliphatic rings. The van der Waals surface area contributed by atoms with Crippen LogP contribution in [0.25, 0.3) is 0 Å². The number of carbonyl (C=O) groups is 1. The number of amides is 1. The fourth-order valence-electron chi connectivity index (χ4n) is 1.15. The first-order chi connectivity index (χ1) is 6.50. The van der Waals surface area contributed by atoms with Crippen LogP contribution in [0.15, 0.2) is 12.3 Å². The summed E-state index contributed by atoms with van der Waals surface area (Å²) in [6, 6.07) is 1.80. The summed E-state index contributed by atoms with van der Waals surface area (Å²) < 4.78 is 0. The van der Waals surface area contributed by atoms with E-state index in [1.165, 1.54) is 6.92 Å². The number of hydrogen-bond acceptors (Lipinski definition) is 2. The maximum absolute atomic E-state index is 10.8. The Labute approximate surface area is 88.5 Å². The number of nitrogens with zero attached hydrogens (tertiary/aromatic N) is 1. The van der Waals surface area contributed by atoms with Crippen molar-refractivity contribution >= 4 is 23.3 Å². The van der Waals surface area contributed by atoms with Gasteiger partial charge in [-0.05, 0) is 17.5 Å². The van der Waals surface area contributed by atoms with Crippen molar-refractivity contribution in [2.45, 2.75) is 26.7 Å². The van der Waals surface area contributed by atoms with E-state index in [0.717, 1.165) is 5.56 Å². The van der Waals surface area contributed by atoms with Gasteiger partial charge in [0, 0.05) is 13.1 Å². The highest BCUT2D eigenvalue weighted by atomic mass is 35.5.